The van der Waals surface area contributed by atoms with Gasteiger partial charge in [-0.15, -0.1) is 0 Å². The molecule has 3 aromatic carbocycles. The Morgan fingerprint density at radius 2 is 1.78 bits per heavy atom. The molecule has 36 heavy (non-hydrogen) atoms. The number of carbonyl (C=O) groups excluding carboxylic acids is 3. The van der Waals surface area contributed by atoms with E-state index in [1.807, 2.05) is 12.1 Å². The Bertz CT molecular complexity index is 1300. The van der Waals surface area contributed by atoms with Crippen LogP contribution in [0.15, 0.2) is 77.7 Å². The van der Waals surface area contributed by atoms with Crippen LogP contribution >= 0.6 is 11.8 Å². The Kier molecular flexibility index (Phi) is 7.85. The lowest BCUT2D eigenvalue weighted by molar-refractivity contribution is -0.127. The number of imide groups is 1. The molecule has 1 saturated heterocycles. The number of halogens is 1. The summed E-state index contributed by atoms with van der Waals surface area (Å²) in [5.41, 5.74) is 3.24. The molecule has 1 aliphatic rings. The molecule has 0 unspecified atom stereocenters. The Labute approximate surface area is 213 Å². The van der Waals surface area contributed by atoms with Crippen LogP contribution in [0.4, 0.5) is 14.9 Å². The molecule has 3 aromatic rings. The highest BCUT2D eigenvalue weighted by Gasteiger charge is 2.36. The summed E-state index contributed by atoms with van der Waals surface area (Å²) in [5, 5.41) is 2.23. The number of amides is 3. The summed E-state index contributed by atoms with van der Waals surface area (Å²) in [6.45, 7) is 4.06. The monoisotopic (exact) mass is 504 g/mol. The van der Waals surface area contributed by atoms with Gasteiger partial charge in [-0.1, -0.05) is 50.2 Å². The van der Waals surface area contributed by atoms with Crippen molar-refractivity contribution in [3.63, 3.8) is 0 Å². The van der Waals surface area contributed by atoms with E-state index in [0.29, 0.717) is 22.9 Å². The highest BCUT2D eigenvalue weighted by atomic mass is 32.2. The Balaban J connectivity index is 1.37. The molecule has 0 atom stereocenters. The third-order valence-corrected chi connectivity index (χ3v) is 6.42. The van der Waals surface area contributed by atoms with E-state index in [0.717, 1.165) is 27.8 Å². The molecule has 0 aromatic heterocycles. The number of carbonyl (C=O) groups is 3. The van der Waals surface area contributed by atoms with Crippen molar-refractivity contribution in [3.05, 3.63) is 100 Å². The molecule has 1 fully saturated rings. The topological polar surface area (TPSA) is 75.7 Å². The molecule has 1 aliphatic heterocycles. The molecule has 1 N–H and O–H groups in total. The SMILES string of the molecule is CC(C)c1ccc(NC(=O)CN2C(=O)S/C(=C/c3cccc(OCc4ccc(F)cc4)c3)C2=O)cc1. The first-order valence-corrected chi connectivity index (χ1v) is 12.2. The van der Waals surface area contributed by atoms with Gasteiger partial charge in [-0.3, -0.25) is 19.3 Å². The van der Waals surface area contributed by atoms with Crippen LogP contribution in [0.2, 0.25) is 0 Å². The van der Waals surface area contributed by atoms with Crippen LogP contribution < -0.4 is 10.1 Å². The van der Waals surface area contributed by atoms with Gasteiger partial charge in [0.05, 0.1) is 4.91 Å². The van der Waals surface area contributed by atoms with Crippen LogP contribution in [0, 0.1) is 5.82 Å². The number of ether oxygens (including phenoxy) is 1. The summed E-state index contributed by atoms with van der Waals surface area (Å²) >= 11 is 0.790. The number of hydrogen-bond donors (Lipinski definition) is 1. The highest BCUT2D eigenvalue weighted by molar-refractivity contribution is 8.18. The molecule has 1 heterocycles. The molecule has 184 valence electrons. The zero-order valence-electron chi connectivity index (χ0n) is 19.9. The second-order valence-corrected chi connectivity index (χ2v) is 9.57. The van der Waals surface area contributed by atoms with Crippen LogP contribution in [0.1, 0.15) is 36.5 Å². The van der Waals surface area contributed by atoms with E-state index in [1.54, 1.807) is 54.6 Å². The molecule has 3 amide bonds. The van der Waals surface area contributed by atoms with Crippen molar-refractivity contribution in [2.45, 2.75) is 26.4 Å². The molecule has 6 nitrogen and oxygen atoms in total. The summed E-state index contributed by atoms with van der Waals surface area (Å²) in [7, 11) is 0. The maximum absolute atomic E-state index is 13.1. The van der Waals surface area contributed by atoms with Gasteiger partial charge in [0.25, 0.3) is 11.1 Å². The van der Waals surface area contributed by atoms with Crippen molar-refractivity contribution in [1.82, 2.24) is 4.90 Å². The number of benzene rings is 3. The Morgan fingerprint density at radius 3 is 2.47 bits per heavy atom. The van der Waals surface area contributed by atoms with Crippen molar-refractivity contribution < 1.29 is 23.5 Å². The van der Waals surface area contributed by atoms with E-state index in [4.69, 9.17) is 4.74 Å². The summed E-state index contributed by atoms with van der Waals surface area (Å²) in [4.78, 5) is 38.9. The van der Waals surface area contributed by atoms with Gasteiger partial charge in [0.1, 0.15) is 24.7 Å². The molecule has 0 aliphatic carbocycles. The lowest BCUT2D eigenvalue weighted by atomic mass is 10.0. The van der Waals surface area contributed by atoms with Crippen molar-refractivity contribution in [3.8, 4) is 5.75 Å². The minimum Gasteiger partial charge on any atom is -0.489 e. The van der Waals surface area contributed by atoms with E-state index < -0.39 is 17.1 Å². The lowest BCUT2D eigenvalue weighted by Crippen LogP contribution is -2.36. The average Bonchev–Trinajstić information content (AvgIpc) is 3.11. The minimum absolute atomic E-state index is 0.227. The summed E-state index contributed by atoms with van der Waals surface area (Å²) < 4.78 is 18.8. The predicted molar refractivity (Wildman–Crippen MR) is 139 cm³/mol. The highest BCUT2D eigenvalue weighted by Crippen LogP contribution is 2.32. The average molecular weight is 505 g/mol. The Morgan fingerprint density at radius 1 is 1.06 bits per heavy atom. The van der Waals surface area contributed by atoms with Gasteiger partial charge in [-0.05, 0) is 76.8 Å². The molecule has 8 heteroatoms. The van der Waals surface area contributed by atoms with Crippen molar-refractivity contribution >= 4 is 40.6 Å². The molecule has 0 bridgehead atoms. The predicted octanol–water partition coefficient (Wildman–Crippen LogP) is 6.20. The second-order valence-electron chi connectivity index (χ2n) is 8.58. The van der Waals surface area contributed by atoms with E-state index in [2.05, 4.69) is 19.2 Å². The summed E-state index contributed by atoms with van der Waals surface area (Å²) in [6, 6.07) is 20.6. The number of hydrogen-bond acceptors (Lipinski definition) is 5. The lowest BCUT2D eigenvalue weighted by Gasteiger charge is -2.13. The third-order valence-electron chi connectivity index (χ3n) is 5.51. The van der Waals surface area contributed by atoms with Gasteiger partial charge < -0.3 is 10.1 Å². The smallest absolute Gasteiger partial charge is 0.294 e. The number of nitrogens with one attached hydrogen (secondary N) is 1. The molecule has 0 saturated carbocycles. The van der Waals surface area contributed by atoms with Crippen LogP contribution in [0.25, 0.3) is 6.08 Å². The molecule has 4 rings (SSSR count). The van der Waals surface area contributed by atoms with Gasteiger partial charge in [0.2, 0.25) is 5.91 Å². The first-order chi connectivity index (χ1) is 17.3. The number of thioether (sulfide) groups is 1. The second kappa shape index (κ2) is 11.2. The normalized spacial score (nSPS) is 14.6. The van der Waals surface area contributed by atoms with Gasteiger partial charge >= 0.3 is 0 Å². The molecule has 0 spiro atoms. The number of rotatable bonds is 8. The van der Waals surface area contributed by atoms with Gasteiger partial charge in [0, 0.05) is 5.69 Å². The van der Waals surface area contributed by atoms with Gasteiger partial charge in [-0.2, -0.15) is 0 Å². The summed E-state index contributed by atoms with van der Waals surface area (Å²) in [5.74, 6) is -0.346. The Hall–Kier alpha value is -3.91. The quantitative estimate of drug-likeness (QED) is 0.370. The zero-order valence-corrected chi connectivity index (χ0v) is 20.7. The van der Waals surface area contributed by atoms with Crippen LogP contribution in [-0.2, 0) is 16.2 Å². The fourth-order valence-electron chi connectivity index (χ4n) is 3.52. The standard InChI is InChI=1S/C28H25FN2O4S/c1-18(2)21-8-12-23(13-9-21)30-26(32)16-31-27(33)25(36-28(31)34)15-20-4-3-5-24(14-20)35-17-19-6-10-22(29)11-7-19/h3-15,18H,16-17H2,1-2H3,(H,30,32)/b25-15+. The third kappa shape index (κ3) is 6.40. The first kappa shape index (κ1) is 25.2. The maximum atomic E-state index is 13.1. The first-order valence-electron chi connectivity index (χ1n) is 11.4. The summed E-state index contributed by atoms with van der Waals surface area (Å²) in [6.07, 6.45) is 1.60. The van der Waals surface area contributed by atoms with E-state index >= 15 is 0 Å². The van der Waals surface area contributed by atoms with Crippen molar-refractivity contribution in [2.24, 2.45) is 0 Å². The fraction of sp³-hybridized carbons (Fsp3) is 0.179. The molecule has 0 radical (unpaired) electrons. The van der Waals surface area contributed by atoms with Gasteiger partial charge in [0.15, 0.2) is 0 Å². The van der Waals surface area contributed by atoms with Crippen LogP contribution in [0.3, 0.4) is 0 Å². The van der Waals surface area contributed by atoms with E-state index in [9.17, 15) is 18.8 Å². The number of anilines is 1. The maximum Gasteiger partial charge on any atom is 0.294 e. The van der Waals surface area contributed by atoms with E-state index in [-0.39, 0.29) is 23.9 Å². The molecular weight excluding hydrogens is 479 g/mol. The fourth-order valence-corrected chi connectivity index (χ4v) is 4.36. The zero-order chi connectivity index (χ0) is 25.7. The molecular formula is C28H25FN2O4S. The van der Waals surface area contributed by atoms with Gasteiger partial charge in [-0.25, -0.2) is 4.39 Å². The van der Waals surface area contributed by atoms with Crippen molar-refractivity contribution in [1.29, 1.82) is 0 Å². The minimum atomic E-state index is -0.520. The number of nitrogens with zero attached hydrogens (tertiary/aromatic N) is 1. The van der Waals surface area contributed by atoms with E-state index in [1.165, 1.54) is 12.1 Å². The van der Waals surface area contributed by atoms with Crippen LogP contribution in [0.5, 0.6) is 5.75 Å². The largest absolute Gasteiger partial charge is 0.489 e. The van der Waals surface area contributed by atoms with Crippen LogP contribution in [-0.4, -0.2) is 28.5 Å². The van der Waals surface area contributed by atoms with Crippen molar-refractivity contribution in [2.75, 3.05) is 11.9 Å².